The van der Waals surface area contributed by atoms with Crippen LogP contribution in [0.2, 0.25) is 0 Å². The summed E-state index contributed by atoms with van der Waals surface area (Å²) in [5.74, 6) is -1.49. The average molecular weight is 348 g/mol. The van der Waals surface area contributed by atoms with Gasteiger partial charge in [-0.05, 0) is 18.2 Å². The zero-order chi connectivity index (χ0) is 16.7. The van der Waals surface area contributed by atoms with Crippen LogP contribution in [0.4, 0.5) is 5.69 Å². The van der Waals surface area contributed by atoms with E-state index in [1.165, 1.54) is 23.1 Å². The fourth-order valence-electron chi connectivity index (χ4n) is 2.40. The van der Waals surface area contributed by atoms with Crippen molar-refractivity contribution < 1.29 is 26.7 Å². The highest BCUT2D eigenvalue weighted by Gasteiger charge is 2.34. The molecule has 0 bridgehead atoms. The van der Waals surface area contributed by atoms with E-state index < -0.39 is 31.7 Å². The maximum Gasteiger partial charge on any atom is 0.227 e. The Hall–Kier alpha value is -1.65. The smallest absolute Gasteiger partial charge is 0.227 e. The zero-order valence-electron chi connectivity index (χ0n) is 11.8. The molecule has 0 radical (unpaired) electrons. The third-order valence-electron chi connectivity index (χ3n) is 3.34. The van der Waals surface area contributed by atoms with Gasteiger partial charge in [0.05, 0.1) is 16.3 Å². The van der Waals surface area contributed by atoms with Gasteiger partial charge in [-0.2, -0.15) is 0 Å². The molecule has 0 aromatic heterocycles. The number of benzene rings is 1. The van der Waals surface area contributed by atoms with Crippen LogP contribution in [-0.4, -0.2) is 46.4 Å². The summed E-state index contributed by atoms with van der Waals surface area (Å²) in [5, 5.41) is 14.8. The van der Waals surface area contributed by atoms with Crippen LogP contribution in [0.3, 0.4) is 0 Å². The first-order chi connectivity index (χ1) is 9.97. The van der Waals surface area contributed by atoms with Gasteiger partial charge in [0.2, 0.25) is 15.9 Å². The predicted octanol–water partition coefficient (Wildman–Crippen LogP) is -0.563. The fraction of sp³-hybridized carbons (Fsp3) is 0.417. The van der Waals surface area contributed by atoms with Crippen molar-refractivity contribution in [3.63, 3.8) is 0 Å². The molecule has 1 atom stereocenters. The number of nitrogens with two attached hydrogens (primary N) is 1. The number of carbonyl (C=O) groups excluding carboxylic acids is 1. The van der Waals surface area contributed by atoms with E-state index in [-0.39, 0.29) is 35.1 Å². The molecule has 1 fully saturated rings. The van der Waals surface area contributed by atoms with Crippen LogP contribution < -0.4 is 10.0 Å². The minimum atomic E-state index is -3.72. The fourth-order valence-corrected chi connectivity index (χ4v) is 3.93. The van der Waals surface area contributed by atoms with Crippen molar-refractivity contribution in [2.75, 3.05) is 23.5 Å². The molecule has 0 saturated carbocycles. The van der Waals surface area contributed by atoms with E-state index in [9.17, 15) is 26.7 Å². The maximum absolute atomic E-state index is 12.0. The average Bonchev–Trinajstić information content (AvgIpc) is 2.66. The van der Waals surface area contributed by atoms with Crippen LogP contribution in [0.15, 0.2) is 23.1 Å². The number of primary sulfonamides is 1. The number of sulfonamides is 1. The molecule has 1 unspecified atom stereocenters. The molecule has 1 aliphatic rings. The largest absolute Gasteiger partial charge is 0.506 e. The van der Waals surface area contributed by atoms with Crippen molar-refractivity contribution in [1.29, 1.82) is 0 Å². The lowest BCUT2D eigenvalue weighted by atomic mass is 10.1. The van der Waals surface area contributed by atoms with Crippen molar-refractivity contribution in [1.82, 2.24) is 0 Å². The van der Waals surface area contributed by atoms with Crippen LogP contribution in [0, 0.1) is 5.92 Å². The number of carbonyl (C=O) groups is 1. The second-order valence-corrected chi connectivity index (χ2v) is 9.00. The Morgan fingerprint density at radius 3 is 2.50 bits per heavy atom. The number of anilines is 1. The summed E-state index contributed by atoms with van der Waals surface area (Å²) in [6.07, 6.45) is 0.984. The van der Waals surface area contributed by atoms with Gasteiger partial charge in [0.15, 0.2) is 9.84 Å². The predicted molar refractivity (Wildman–Crippen MR) is 79.7 cm³/mol. The van der Waals surface area contributed by atoms with E-state index >= 15 is 0 Å². The first kappa shape index (κ1) is 16.7. The third-order valence-corrected chi connectivity index (χ3v) is 5.39. The maximum atomic E-state index is 12.0. The molecule has 1 amide bonds. The number of rotatable bonds is 4. The van der Waals surface area contributed by atoms with Crippen molar-refractivity contribution in [3.8, 4) is 5.75 Å². The second-order valence-electron chi connectivity index (χ2n) is 5.33. The number of amides is 1. The molecule has 10 heteroatoms. The summed E-state index contributed by atoms with van der Waals surface area (Å²) in [6, 6.07) is 3.62. The molecular formula is C12H16N2O6S2. The molecule has 0 spiro atoms. The molecule has 1 aromatic carbocycles. The number of hydrogen-bond donors (Lipinski definition) is 2. The molecule has 1 saturated heterocycles. The first-order valence-electron chi connectivity index (χ1n) is 6.31. The topological polar surface area (TPSA) is 135 Å². The Morgan fingerprint density at radius 2 is 1.95 bits per heavy atom. The molecule has 2 rings (SSSR count). The summed E-state index contributed by atoms with van der Waals surface area (Å²) < 4.78 is 45.3. The lowest BCUT2D eigenvalue weighted by Gasteiger charge is -2.18. The Labute approximate surface area is 128 Å². The number of aromatic hydroxyl groups is 1. The highest BCUT2D eigenvalue weighted by atomic mass is 32.2. The normalized spacial score (nSPS) is 19.6. The molecule has 1 aromatic rings. The summed E-state index contributed by atoms with van der Waals surface area (Å²) in [5.41, 5.74) is 0.0462. The van der Waals surface area contributed by atoms with Gasteiger partial charge in [-0.15, -0.1) is 0 Å². The summed E-state index contributed by atoms with van der Waals surface area (Å²) in [6.45, 7) is 0.0516. The minimum Gasteiger partial charge on any atom is -0.506 e. The lowest BCUT2D eigenvalue weighted by Crippen LogP contribution is -2.27. The van der Waals surface area contributed by atoms with E-state index in [1.807, 2.05) is 0 Å². The molecule has 122 valence electrons. The summed E-state index contributed by atoms with van der Waals surface area (Å²) >= 11 is 0. The van der Waals surface area contributed by atoms with Gasteiger partial charge in [-0.1, -0.05) is 0 Å². The van der Waals surface area contributed by atoms with E-state index in [4.69, 9.17) is 5.14 Å². The Morgan fingerprint density at radius 1 is 1.32 bits per heavy atom. The van der Waals surface area contributed by atoms with Gasteiger partial charge in [0.25, 0.3) is 0 Å². The molecule has 1 heterocycles. The third kappa shape index (κ3) is 3.76. The number of nitrogens with zero attached hydrogens (tertiary/aromatic N) is 1. The zero-order valence-corrected chi connectivity index (χ0v) is 13.4. The Balaban J connectivity index is 2.34. The van der Waals surface area contributed by atoms with Crippen LogP contribution in [0.25, 0.3) is 0 Å². The van der Waals surface area contributed by atoms with Crippen LogP contribution in [-0.2, 0) is 24.7 Å². The van der Waals surface area contributed by atoms with Crippen LogP contribution >= 0.6 is 0 Å². The van der Waals surface area contributed by atoms with Crippen LogP contribution in [0.5, 0.6) is 5.75 Å². The van der Waals surface area contributed by atoms with E-state index in [0.29, 0.717) is 0 Å². The van der Waals surface area contributed by atoms with Crippen LogP contribution in [0.1, 0.15) is 6.42 Å². The number of hydrogen-bond acceptors (Lipinski definition) is 6. The van der Waals surface area contributed by atoms with Crippen molar-refractivity contribution in [3.05, 3.63) is 18.2 Å². The van der Waals surface area contributed by atoms with Gasteiger partial charge < -0.3 is 10.0 Å². The molecule has 0 aliphatic carbocycles. The minimum absolute atomic E-state index is 0.0288. The highest BCUT2D eigenvalue weighted by molar-refractivity contribution is 7.90. The molecule has 3 N–H and O–H groups in total. The number of phenols is 1. The molecular weight excluding hydrogens is 332 g/mol. The lowest BCUT2D eigenvalue weighted by molar-refractivity contribution is -0.117. The first-order valence-corrected chi connectivity index (χ1v) is 9.92. The molecule has 1 aliphatic heterocycles. The van der Waals surface area contributed by atoms with E-state index in [0.717, 1.165) is 6.26 Å². The van der Waals surface area contributed by atoms with Gasteiger partial charge in [0.1, 0.15) is 5.75 Å². The SMILES string of the molecule is CS(=O)(=O)c1ccc(O)c(N2CC(CS(N)(=O)=O)CC2=O)c1. The molecule has 8 nitrogen and oxygen atoms in total. The van der Waals surface area contributed by atoms with Crippen molar-refractivity contribution in [2.45, 2.75) is 11.3 Å². The molecule has 22 heavy (non-hydrogen) atoms. The number of sulfone groups is 1. The number of phenolic OH excluding ortho intramolecular Hbond substituents is 1. The van der Waals surface area contributed by atoms with Crippen molar-refractivity contribution >= 4 is 31.5 Å². The van der Waals surface area contributed by atoms with E-state index in [1.54, 1.807) is 0 Å². The monoisotopic (exact) mass is 348 g/mol. The Kier molecular flexibility index (Phi) is 4.20. The van der Waals surface area contributed by atoms with Crippen molar-refractivity contribution in [2.24, 2.45) is 11.1 Å². The van der Waals surface area contributed by atoms with Gasteiger partial charge in [0, 0.05) is 25.1 Å². The standard InChI is InChI=1S/C12H16N2O6S2/c1-21(17,18)9-2-3-11(15)10(5-9)14-6-8(4-12(14)16)7-22(13,19)20/h2-3,5,8,15H,4,6-7H2,1H3,(H2,13,19,20). The van der Waals surface area contributed by atoms with Gasteiger partial charge >= 0.3 is 0 Å². The summed E-state index contributed by atoms with van der Waals surface area (Å²) in [4.78, 5) is 13.2. The van der Waals surface area contributed by atoms with Gasteiger partial charge in [-0.3, -0.25) is 4.79 Å². The quantitative estimate of drug-likeness (QED) is 0.748. The Bertz CT molecular complexity index is 816. The van der Waals surface area contributed by atoms with E-state index in [2.05, 4.69) is 0 Å². The van der Waals surface area contributed by atoms with Gasteiger partial charge in [-0.25, -0.2) is 22.0 Å². The second kappa shape index (κ2) is 5.52. The summed E-state index contributed by atoms with van der Waals surface area (Å²) in [7, 11) is -7.21. The highest BCUT2D eigenvalue weighted by Crippen LogP contribution is 2.34.